The predicted octanol–water partition coefficient (Wildman–Crippen LogP) is 2.30. The predicted molar refractivity (Wildman–Crippen MR) is 61.5 cm³/mol. The molecule has 1 aromatic carbocycles. The Morgan fingerprint density at radius 1 is 1.31 bits per heavy atom. The highest BCUT2D eigenvalue weighted by Gasteiger charge is 1.93. The molecule has 1 nitrogen and oxygen atoms in total. The zero-order chi connectivity index (χ0) is 9.52. The number of rotatable bonds is 5. The van der Waals surface area contributed by atoms with Gasteiger partial charge in [0.25, 0.3) is 0 Å². The van der Waals surface area contributed by atoms with Crippen LogP contribution in [-0.4, -0.2) is 21.3 Å². The van der Waals surface area contributed by atoms with Crippen LogP contribution in [0.25, 0.3) is 0 Å². The van der Waals surface area contributed by atoms with Crippen molar-refractivity contribution < 1.29 is 4.21 Å². The summed E-state index contributed by atoms with van der Waals surface area (Å²) in [4.78, 5) is 0. The molecule has 3 heteroatoms. The highest BCUT2D eigenvalue weighted by Crippen LogP contribution is 2.07. The van der Waals surface area contributed by atoms with Crippen LogP contribution >= 0.6 is 11.8 Å². The molecule has 0 radical (unpaired) electrons. The fourth-order valence-corrected chi connectivity index (χ4v) is 2.80. The number of hydrogen-bond acceptors (Lipinski definition) is 2. The SMILES string of the molecule is CS(=O)CSCCc1ccccc1. The number of hydrogen-bond donors (Lipinski definition) is 0. The van der Waals surface area contributed by atoms with Gasteiger partial charge in [-0.2, -0.15) is 0 Å². The molecule has 1 unspecified atom stereocenters. The van der Waals surface area contributed by atoms with E-state index in [2.05, 4.69) is 24.3 Å². The van der Waals surface area contributed by atoms with Gasteiger partial charge < -0.3 is 0 Å². The molecule has 0 amide bonds. The van der Waals surface area contributed by atoms with Gasteiger partial charge >= 0.3 is 0 Å². The summed E-state index contributed by atoms with van der Waals surface area (Å²) >= 11 is 1.76. The van der Waals surface area contributed by atoms with Crippen molar-refractivity contribution in [3.05, 3.63) is 35.9 Å². The van der Waals surface area contributed by atoms with Crippen molar-refractivity contribution in [2.24, 2.45) is 0 Å². The third kappa shape index (κ3) is 5.11. The molecule has 0 saturated heterocycles. The number of thioether (sulfide) groups is 1. The standard InChI is InChI=1S/C10H14OS2/c1-13(11)9-12-8-7-10-5-3-2-4-6-10/h2-6H,7-9H2,1H3. The van der Waals surface area contributed by atoms with Crippen molar-refractivity contribution in [2.75, 3.05) is 17.1 Å². The third-order valence-electron chi connectivity index (χ3n) is 1.63. The lowest BCUT2D eigenvalue weighted by Gasteiger charge is -1.99. The maximum Gasteiger partial charge on any atom is 0.0689 e. The lowest BCUT2D eigenvalue weighted by atomic mass is 10.2. The molecule has 0 aliphatic rings. The summed E-state index contributed by atoms with van der Waals surface area (Å²) in [6.07, 6.45) is 2.82. The van der Waals surface area contributed by atoms with E-state index in [0.29, 0.717) is 0 Å². The Kier molecular flexibility index (Phi) is 5.16. The maximum atomic E-state index is 10.7. The van der Waals surface area contributed by atoms with Crippen LogP contribution in [0.15, 0.2) is 30.3 Å². The van der Waals surface area contributed by atoms with Gasteiger partial charge in [0.1, 0.15) is 0 Å². The average molecular weight is 214 g/mol. The first kappa shape index (κ1) is 10.8. The van der Waals surface area contributed by atoms with Crippen molar-refractivity contribution in [1.82, 2.24) is 0 Å². The molecule has 1 atom stereocenters. The van der Waals surface area contributed by atoms with Crippen molar-refractivity contribution in [3.63, 3.8) is 0 Å². The molecular formula is C10H14OS2. The van der Waals surface area contributed by atoms with Crippen LogP contribution in [0.1, 0.15) is 5.56 Å². The largest absolute Gasteiger partial charge is 0.259 e. The second-order valence-corrected chi connectivity index (χ2v) is 5.74. The zero-order valence-corrected chi connectivity index (χ0v) is 9.37. The summed E-state index contributed by atoms with van der Waals surface area (Å²) in [7, 11) is -0.660. The molecule has 1 aromatic rings. The van der Waals surface area contributed by atoms with Crippen LogP contribution in [0, 0.1) is 0 Å². The van der Waals surface area contributed by atoms with E-state index in [1.807, 2.05) is 6.07 Å². The Hall–Kier alpha value is -0.280. The van der Waals surface area contributed by atoms with Crippen LogP contribution in [-0.2, 0) is 17.2 Å². The second kappa shape index (κ2) is 6.22. The molecule has 1 rings (SSSR count). The van der Waals surface area contributed by atoms with Gasteiger partial charge in [-0.15, -0.1) is 11.8 Å². The molecule has 0 aliphatic carbocycles. The molecule has 0 bridgehead atoms. The van der Waals surface area contributed by atoms with E-state index in [1.54, 1.807) is 18.0 Å². The molecule has 0 heterocycles. The molecule has 0 spiro atoms. The van der Waals surface area contributed by atoms with Crippen LogP contribution in [0.5, 0.6) is 0 Å². The minimum atomic E-state index is -0.660. The quantitative estimate of drug-likeness (QED) is 0.700. The van der Waals surface area contributed by atoms with E-state index in [-0.39, 0.29) is 0 Å². The topological polar surface area (TPSA) is 17.1 Å². The molecule has 0 aromatic heterocycles. The third-order valence-corrected chi connectivity index (χ3v) is 4.11. The van der Waals surface area contributed by atoms with Gasteiger partial charge in [-0.3, -0.25) is 4.21 Å². The van der Waals surface area contributed by atoms with E-state index in [0.717, 1.165) is 17.3 Å². The zero-order valence-electron chi connectivity index (χ0n) is 7.73. The summed E-state index contributed by atoms with van der Waals surface area (Å²) in [5.41, 5.74) is 1.36. The molecule has 0 N–H and O–H groups in total. The second-order valence-electron chi connectivity index (χ2n) is 2.83. The van der Waals surface area contributed by atoms with Gasteiger partial charge in [0.15, 0.2) is 0 Å². The lowest BCUT2D eigenvalue weighted by Crippen LogP contribution is -1.93. The van der Waals surface area contributed by atoms with Gasteiger partial charge in [0, 0.05) is 17.1 Å². The number of aryl methyl sites for hydroxylation is 1. The molecular weight excluding hydrogens is 200 g/mol. The van der Waals surface area contributed by atoms with Crippen molar-refractivity contribution >= 4 is 22.6 Å². The smallest absolute Gasteiger partial charge is 0.0689 e. The lowest BCUT2D eigenvalue weighted by molar-refractivity contribution is 0.689. The minimum Gasteiger partial charge on any atom is -0.259 e. The Labute approximate surface area is 86.4 Å². The maximum absolute atomic E-state index is 10.7. The monoisotopic (exact) mass is 214 g/mol. The summed E-state index contributed by atoms with van der Waals surface area (Å²) in [6, 6.07) is 10.4. The molecule has 0 fully saturated rings. The Balaban J connectivity index is 2.17. The molecule has 0 aliphatic heterocycles. The van der Waals surface area contributed by atoms with E-state index in [9.17, 15) is 4.21 Å². The summed E-state index contributed by atoms with van der Waals surface area (Å²) in [5.74, 6) is 1.06. The van der Waals surface area contributed by atoms with Crippen LogP contribution in [0.4, 0.5) is 0 Å². The first-order chi connectivity index (χ1) is 6.29. The van der Waals surface area contributed by atoms with Gasteiger partial charge in [-0.1, -0.05) is 30.3 Å². The first-order valence-electron chi connectivity index (χ1n) is 4.21. The fourth-order valence-electron chi connectivity index (χ4n) is 1.01. The highest BCUT2D eigenvalue weighted by molar-refractivity contribution is 8.10. The molecule has 13 heavy (non-hydrogen) atoms. The highest BCUT2D eigenvalue weighted by atomic mass is 32.2. The normalized spacial score (nSPS) is 12.7. The summed E-state index contributed by atoms with van der Waals surface area (Å²) < 4.78 is 10.7. The van der Waals surface area contributed by atoms with Crippen LogP contribution in [0.2, 0.25) is 0 Å². The average Bonchev–Trinajstić information content (AvgIpc) is 2.14. The molecule has 72 valence electrons. The number of benzene rings is 1. The van der Waals surface area contributed by atoms with Gasteiger partial charge in [-0.05, 0) is 17.7 Å². The van der Waals surface area contributed by atoms with Crippen LogP contribution < -0.4 is 0 Å². The van der Waals surface area contributed by atoms with E-state index in [1.165, 1.54) is 5.56 Å². The van der Waals surface area contributed by atoms with Gasteiger partial charge in [0.05, 0.1) is 5.08 Å². The van der Waals surface area contributed by atoms with E-state index >= 15 is 0 Å². The van der Waals surface area contributed by atoms with Crippen LogP contribution in [0.3, 0.4) is 0 Å². The van der Waals surface area contributed by atoms with Crippen molar-refractivity contribution in [3.8, 4) is 0 Å². The van der Waals surface area contributed by atoms with E-state index < -0.39 is 10.8 Å². The van der Waals surface area contributed by atoms with Crippen molar-refractivity contribution in [2.45, 2.75) is 6.42 Å². The summed E-state index contributed by atoms with van der Waals surface area (Å²) in [6.45, 7) is 0. The first-order valence-corrected chi connectivity index (χ1v) is 7.09. The molecule has 0 saturated carbocycles. The minimum absolute atomic E-state index is 0.660. The van der Waals surface area contributed by atoms with Gasteiger partial charge in [-0.25, -0.2) is 0 Å². The Morgan fingerprint density at radius 3 is 2.62 bits per heavy atom. The van der Waals surface area contributed by atoms with Gasteiger partial charge in [0.2, 0.25) is 0 Å². The summed E-state index contributed by atoms with van der Waals surface area (Å²) in [5, 5.41) is 0.757. The Morgan fingerprint density at radius 2 is 2.00 bits per heavy atom. The van der Waals surface area contributed by atoms with Crippen molar-refractivity contribution in [1.29, 1.82) is 0 Å². The fraction of sp³-hybridized carbons (Fsp3) is 0.400. The van der Waals surface area contributed by atoms with E-state index in [4.69, 9.17) is 0 Å². The Bertz CT molecular complexity index is 259.